The van der Waals surface area contributed by atoms with Crippen molar-refractivity contribution in [2.24, 2.45) is 5.73 Å². The number of carboxylic acid groups (broad SMARTS) is 1. The largest absolute Gasteiger partial charge is 0.477 e. The molecule has 2 atom stereocenters. The summed E-state index contributed by atoms with van der Waals surface area (Å²) in [5.74, 6) is -1.47. The first-order chi connectivity index (χ1) is 8.95. The molecule has 0 saturated carbocycles. The molecule has 104 valence electrons. The number of fused-ring (bicyclic) bond motifs is 1. The normalized spacial score (nSPS) is 23.5. The number of carbonyl (C=O) groups excluding carboxylic acids is 2. The lowest BCUT2D eigenvalue weighted by Crippen LogP contribution is -2.55. The van der Waals surface area contributed by atoms with E-state index < -0.39 is 18.3 Å². The van der Waals surface area contributed by atoms with Crippen LogP contribution in [0.5, 0.6) is 0 Å². The molecule has 1 saturated heterocycles. The number of carboxylic acids is 1. The second-order valence-corrected chi connectivity index (χ2v) is 5.02. The van der Waals surface area contributed by atoms with Gasteiger partial charge in [0.2, 0.25) is 12.1 Å². The highest BCUT2D eigenvalue weighted by molar-refractivity contribution is 8.00. The smallest absolute Gasteiger partial charge is 0.406 e. The van der Waals surface area contributed by atoms with E-state index in [0.717, 1.165) is 4.90 Å². The van der Waals surface area contributed by atoms with Crippen molar-refractivity contribution in [3.63, 3.8) is 0 Å². The molecule has 0 aromatic heterocycles. The lowest BCUT2D eigenvalue weighted by Gasteiger charge is -2.44. The number of β-lactam (4-membered cyclic amide) rings is 1. The van der Waals surface area contributed by atoms with Gasteiger partial charge in [0.15, 0.2) is 0 Å². The van der Waals surface area contributed by atoms with Crippen LogP contribution in [0.25, 0.3) is 0 Å². The molecule has 0 spiro atoms. The molecule has 0 aliphatic carbocycles. The highest BCUT2D eigenvalue weighted by Crippen LogP contribution is 2.40. The number of carbonyl (C=O) groups is 3. The van der Waals surface area contributed by atoms with Crippen LogP contribution < -0.4 is 11.2 Å². The van der Waals surface area contributed by atoms with E-state index in [1.807, 2.05) is 0 Å². The molecule has 0 bridgehead atoms. The number of primary amides is 1. The summed E-state index contributed by atoms with van der Waals surface area (Å²) in [7, 11) is 0. The van der Waals surface area contributed by atoms with Gasteiger partial charge in [-0.05, 0) is 0 Å². The van der Waals surface area contributed by atoms with Gasteiger partial charge in [0.25, 0.3) is 0 Å². The lowest BCUT2D eigenvalue weighted by molar-refractivity contribution is -0.146. The Labute approximate surface area is 111 Å². The molecule has 1 unspecified atom stereocenters. The monoisotopic (exact) mass is 289 g/mol. The van der Waals surface area contributed by atoms with Crippen LogP contribution in [0.15, 0.2) is 11.3 Å². The number of hydroxylamine groups is 1. The van der Waals surface area contributed by atoms with Crippen molar-refractivity contribution < 1.29 is 29.4 Å². The molecule has 2 aliphatic rings. The molecule has 2 aliphatic heterocycles. The van der Waals surface area contributed by atoms with Gasteiger partial charge >= 0.3 is 12.1 Å². The molecule has 0 aromatic rings. The minimum absolute atomic E-state index is 0.0723. The van der Waals surface area contributed by atoms with Crippen LogP contribution in [0.4, 0.5) is 4.79 Å². The van der Waals surface area contributed by atoms with Gasteiger partial charge in [-0.2, -0.15) is 5.48 Å². The fraction of sp³-hybridized carbons (Fsp3) is 0.444. The van der Waals surface area contributed by atoms with Crippen molar-refractivity contribution in [3.8, 4) is 0 Å². The van der Waals surface area contributed by atoms with Gasteiger partial charge in [-0.3, -0.25) is 9.69 Å². The Bertz CT molecular complexity index is 479. The average Bonchev–Trinajstić information content (AvgIpc) is 2.33. The van der Waals surface area contributed by atoms with Crippen LogP contribution in [0.3, 0.4) is 0 Å². The predicted molar refractivity (Wildman–Crippen MR) is 61.7 cm³/mol. The maximum atomic E-state index is 11.5. The zero-order valence-corrected chi connectivity index (χ0v) is 10.3. The first-order valence-corrected chi connectivity index (χ1v) is 6.26. The molecule has 2 amide bonds. The van der Waals surface area contributed by atoms with Gasteiger partial charge in [-0.15, -0.1) is 11.8 Å². The number of nitrogens with one attached hydrogen (secondary N) is 1. The minimum Gasteiger partial charge on any atom is -0.477 e. The predicted octanol–water partition coefficient (Wildman–Crippen LogP) is -0.970. The van der Waals surface area contributed by atoms with Crippen LogP contribution >= 0.6 is 11.8 Å². The van der Waals surface area contributed by atoms with Gasteiger partial charge in [0, 0.05) is 11.3 Å². The van der Waals surface area contributed by atoms with E-state index in [1.54, 1.807) is 5.48 Å². The summed E-state index contributed by atoms with van der Waals surface area (Å²) in [6.07, 6.45) is -2.31. The summed E-state index contributed by atoms with van der Waals surface area (Å²) in [5, 5.41) is 17.9. The van der Waals surface area contributed by atoms with Crippen molar-refractivity contribution in [2.75, 3.05) is 5.75 Å². The summed E-state index contributed by atoms with van der Waals surface area (Å²) in [5.41, 5.74) is 6.29. The van der Waals surface area contributed by atoms with Crippen LogP contribution in [-0.2, 0) is 14.3 Å². The molecule has 2 heterocycles. The average molecular weight is 289 g/mol. The van der Waals surface area contributed by atoms with Crippen molar-refractivity contribution in [1.29, 1.82) is 0 Å². The summed E-state index contributed by atoms with van der Waals surface area (Å²) in [4.78, 5) is 34.5. The zero-order valence-electron chi connectivity index (χ0n) is 9.53. The third-order valence-corrected chi connectivity index (χ3v) is 3.99. The number of thioether (sulfide) groups is 1. The van der Waals surface area contributed by atoms with E-state index in [9.17, 15) is 19.5 Å². The summed E-state index contributed by atoms with van der Waals surface area (Å²) >= 11 is 1.32. The number of nitrogens with zero attached hydrogens (tertiary/aromatic N) is 1. The fourth-order valence-corrected chi connectivity index (χ4v) is 3.22. The summed E-state index contributed by atoms with van der Waals surface area (Å²) in [6.45, 7) is 0. The van der Waals surface area contributed by atoms with Gasteiger partial charge < -0.3 is 20.8 Å². The first kappa shape index (κ1) is 13.6. The first-order valence-electron chi connectivity index (χ1n) is 5.21. The van der Waals surface area contributed by atoms with Crippen molar-refractivity contribution >= 4 is 29.7 Å². The zero-order chi connectivity index (χ0) is 14.2. The Morgan fingerprint density at radius 3 is 2.74 bits per heavy atom. The van der Waals surface area contributed by atoms with Crippen molar-refractivity contribution in [2.45, 2.75) is 18.0 Å². The quantitative estimate of drug-likeness (QED) is 0.294. The van der Waals surface area contributed by atoms with Crippen molar-refractivity contribution in [1.82, 2.24) is 10.4 Å². The molecular formula is C9H11N3O6S. The highest BCUT2D eigenvalue weighted by atomic mass is 32.2. The lowest BCUT2D eigenvalue weighted by atomic mass is 10.1. The fourth-order valence-electron chi connectivity index (χ4n) is 1.93. The highest BCUT2D eigenvalue weighted by Gasteiger charge is 2.47. The number of ether oxygens (including phenoxy) is 1. The Balaban J connectivity index is 2.37. The molecule has 2 rings (SSSR count). The van der Waals surface area contributed by atoms with E-state index in [-0.39, 0.29) is 34.7 Å². The van der Waals surface area contributed by atoms with Crippen LogP contribution in [0, 0.1) is 0 Å². The molecule has 0 aromatic carbocycles. The van der Waals surface area contributed by atoms with Crippen LogP contribution in [0.1, 0.15) is 6.42 Å². The number of aliphatic carboxylic acids is 1. The molecule has 0 radical (unpaired) electrons. The third-order valence-electron chi connectivity index (χ3n) is 2.75. The maximum Gasteiger partial charge on any atom is 0.406 e. The molecule has 5 N–H and O–H groups in total. The van der Waals surface area contributed by atoms with E-state index in [1.165, 1.54) is 11.8 Å². The van der Waals surface area contributed by atoms with Gasteiger partial charge in [-0.25, -0.2) is 9.59 Å². The molecule has 1 fully saturated rings. The van der Waals surface area contributed by atoms with Crippen molar-refractivity contribution in [3.05, 3.63) is 11.3 Å². The van der Waals surface area contributed by atoms with Crippen LogP contribution in [0.2, 0.25) is 0 Å². The van der Waals surface area contributed by atoms with E-state index in [4.69, 9.17) is 10.9 Å². The van der Waals surface area contributed by atoms with E-state index in [0.29, 0.717) is 0 Å². The Morgan fingerprint density at radius 2 is 2.26 bits per heavy atom. The number of hydrogen-bond donors (Lipinski definition) is 4. The van der Waals surface area contributed by atoms with E-state index >= 15 is 0 Å². The Hall–Kier alpha value is -1.78. The van der Waals surface area contributed by atoms with Gasteiger partial charge in [0.1, 0.15) is 5.70 Å². The summed E-state index contributed by atoms with van der Waals surface area (Å²) < 4.78 is 4.57. The SMILES string of the molecule is NC(=O)OC(NO)C1=C(C(=O)O)N2C(=O)C[C@@H]2SC1. The van der Waals surface area contributed by atoms with Gasteiger partial charge in [0.05, 0.1) is 11.8 Å². The maximum absolute atomic E-state index is 11.5. The Kier molecular flexibility index (Phi) is 3.64. The number of rotatable bonds is 4. The van der Waals surface area contributed by atoms with E-state index in [2.05, 4.69) is 4.74 Å². The van der Waals surface area contributed by atoms with Gasteiger partial charge in [-0.1, -0.05) is 0 Å². The second kappa shape index (κ2) is 5.07. The minimum atomic E-state index is -1.40. The molecule has 10 heteroatoms. The molecule has 19 heavy (non-hydrogen) atoms. The van der Waals surface area contributed by atoms with Crippen LogP contribution in [-0.4, -0.2) is 50.5 Å². The Morgan fingerprint density at radius 1 is 1.58 bits per heavy atom. The number of hydrogen-bond acceptors (Lipinski definition) is 7. The molecule has 9 nitrogen and oxygen atoms in total. The number of amides is 2. The second-order valence-electron chi connectivity index (χ2n) is 3.86. The topological polar surface area (TPSA) is 142 Å². The standard InChI is InChI=1S/C9H11N3O6S/c10-9(16)18-7(11-17)3-2-19-5-1-4(13)12(5)6(3)8(14)15/h5,7,11,17H,1-2H2,(H2,10,16)(H,14,15)/t5-,7?/m0/s1. The third kappa shape index (κ3) is 2.37. The summed E-state index contributed by atoms with van der Waals surface area (Å²) in [6, 6.07) is 0. The number of nitrogens with two attached hydrogens (primary N) is 1. The molecular weight excluding hydrogens is 278 g/mol.